The Balaban J connectivity index is 1.65. The molecule has 0 radical (unpaired) electrons. The van der Waals surface area contributed by atoms with Gasteiger partial charge in [0.2, 0.25) is 0 Å². The molecule has 1 saturated heterocycles. The summed E-state index contributed by atoms with van der Waals surface area (Å²) < 4.78 is 5.49. The summed E-state index contributed by atoms with van der Waals surface area (Å²) >= 11 is 12.8. The van der Waals surface area contributed by atoms with Crippen molar-refractivity contribution >= 4 is 34.7 Å². The second kappa shape index (κ2) is 11.3. The summed E-state index contributed by atoms with van der Waals surface area (Å²) in [5.74, 6) is 1.02. The molecule has 0 amide bonds. The van der Waals surface area contributed by atoms with Crippen LogP contribution in [0.25, 0.3) is 0 Å². The number of rotatable bonds is 6. The Labute approximate surface area is 214 Å². The van der Waals surface area contributed by atoms with Crippen molar-refractivity contribution in [3.8, 4) is 11.8 Å². The number of aliphatic hydroxyl groups excluding tert-OH is 1. The molecule has 1 atom stereocenters. The van der Waals surface area contributed by atoms with E-state index in [0.29, 0.717) is 46.8 Å². The van der Waals surface area contributed by atoms with Gasteiger partial charge < -0.3 is 24.9 Å². The van der Waals surface area contributed by atoms with Crippen molar-refractivity contribution < 1.29 is 15.1 Å². The van der Waals surface area contributed by atoms with Crippen LogP contribution in [0.4, 0.5) is 5.69 Å². The average molecular weight is 511 g/mol. The zero-order valence-corrected chi connectivity index (χ0v) is 20.3. The predicted molar refractivity (Wildman–Crippen MR) is 137 cm³/mol. The lowest BCUT2D eigenvalue weighted by Crippen LogP contribution is -2.51. The fraction of sp³-hybridized carbons (Fsp3) is 0.231. The smallest absolute Gasteiger partial charge is 0.175 e. The van der Waals surface area contributed by atoms with E-state index in [1.807, 2.05) is 41.3 Å². The van der Waals surface area contributed by atoms with Gasteiger partial charge in [0.05, 0.1) is 35.0 Å². The number of hydrogen-bond donors (Lipinski definition) is 2. The molecule has 3 aromatic rings. The molecule has 35 heavy (non-hydrogen) atoms. The largest absolute Gasteiger partial charge is 0.491 e. The van der Waals surface area contributed by atoms with Crippen molar-refractivity contribution in [2.24, 2.45) is 5.16 Å². The molecular weight excluding hydrogens is 487 g/mol. The van der Waals surface area contributed by atoms with E-state index >= 15 is 0 Å². The molecule has 4 rings (SSSR count). The van der Waals surface area contributed by atoms with E-state index in [0.717, 1.165) is 16.8 Å². The number of aliphatic hydroxyl groups is 1. The molecule has 3 aromatic carbocycles. The fourth-order valence-corrected chi connectivity index (χ4v) is 4.61. The number of hydrogen-bond acceptors (Lipinski definition) is 6. The van der Waals surface area contributed by atoms with Crippen molar-refractivity contribution in [3.05, 3.63) is 93.5 Å². The first-order valence-corrected chi connectivity index (χ1v) is 11.8. The molecule has 7 nitrogen and oxygen atoms in total. The second-order valence-electron chi connectivity index (χ2n) is 8.00. The van der Waals surface area contributed by atoms with E-state index in [1.165, 1.54) is 0 Å². The van der Waals surface area contributed by atoms with E-state index in [-0.39, 0.29) is 19.3 Å². The molecule has 0 aromatic heterocycles. The van der Waals surface area contributed by atoms with Gasteiger partial charge in [-0.25, -0.2) is 0 Å². The standard InChI is InChI=1S/C26H24Cl2N4O3/c27-21-7-5-19(6-8-21)25-17-31(26(30-34)20-3-1-18(16-29)2-4-20)11-12-32(25)24-10-9-22(15-23(24)28)35-14-13-33/h1-10,15,25,33-34H,11-14,17H2/b30-26+/t25-/m0/s1. The first-order chi connectivity index (χ1) is 17.0. The average Bonchev–Trinajstić information content (AvgIpc) is 2.89. The van der Waals surface area contributed by atoms with Gasteiger partial charge in [0.1, 0.15) is 12.4 Å². The molecule has 0 spiro atoms. The summed E-state index contributed by atoms with van der Waals surface area (Å²) in [5.41, 5.74) is 3.14. The number of anilines is 1. The Kier molecular flexibility index (Phi) is 7.98. The van der Waals surface area contributed by atoms with Gasteiger partial charge >= 0.3 is 0 Å². The van der Waals surface area contributed by atoms with Crippen LogP contribution in [0, 0.1) is 11.3 Å². The Hall–Kier alpha value is -3.44. The third-order valence-corrected chi connectivity index (χ3v) is 6.44. The summed E-state index contributed by atoms with van der Waals surface area (Å²) in [6, 6.07) is 22.1. The van der Waals surface area contributed by atoms with Crippen molar-refractivity contribution in [1.82, 2.24) is 4.90 Å². The molecule has 1 fully saturated rings. The lowest BCUT2D eigenvalue weighted by atomic mass is 10.00. The number of halogens is 2. The van der Waals surface area contributed by atoms with Crippen LogP contribution in [0.15, 0.2) is 71.9 Å². The van der Waals surface area contributed by atoms with Crippen LogP contribution in [0.1, 0.15) is 22.7 Å². The third-order valence-electron chi connectivity index (χ3n) is 5.89. The van der Waals surface area contributed by atoms with Gasteiger partial charge in [-0.05, 0) is 54.1 Å². The molecule has 1 heterocycles. The minimum Gasteiger partial charge on any atom is -0.491 e. The zero-order valence-electron chi connectivity index (χ0n) is 18.8. The number of nitrogens with zero attached hydrogens (tertiary/aromatic N) is 4. The van der Waals surface area contributed by atoms with E-state index in [9.17, 15) is 5.21 Å². The lowest BCUT2D eigenvalue weighted by molar-refractivity contribution is 0.201. The Morgan fingerprint density at radius 3 is 2.43 bits per heavy atom. The minimum absolute atomic E-state index is 0.0754. The number of oxime groups is 1. The van der Waals surface area contributed by atoms with Crippen LogP contribution in [-0.4, -0.2) is 53.9 Å². The van der Waals surface area contributed by atoms with Crippen LogP contribution in [0.5, 0.6) is 5.75 Å². The molecule has 180 valence electrons. The van der Waals surface area contributed by atoms with Gasteiger partial charge in [-0.3, -0.25) is 0 Å². The highest BCUT2D eigenvalue weighted by atomic mass is 35.5. The number of nitriles is 1. The van der Waals surface area contributed by atoms with E-state index in [4.69, 9.17) is 38.3 Å². The first kappa shape index (κ1) is 24.7. The highest BCUT2D eigenvalue weighted by Gasteiger charge is 2.32. The molecule has 0 bridgehead atoms. The molecule has 1 aliphatic heterocycles. The number of ether oxygens (including phenoxy) is 1. The maximum atomic E-state index is 9.88. The molecule has 0 saturated carbocycles. The molecule has 0 unspecified atom stereocenters. The van der Waals surface area contributed by atoms with Crippen molar-refractivity contribution in [3.63, 3.8) is 0 Å². The van der Waals surface area contributed by atoms with Crippen molar-refractivity contribution in [2.75, 3.05) is 37.7 Å². The minimum atomic E-state index is -0.113. The maximum Gasteiger partial charge on any atom is 0.175 e. The van der Waals surface area contributed by atoms with E-state index < -0.39 is 0 Å². The summed E-state index contributed by atoms with van der Waals surface area (Å²) in [7, 11) is 0. The SMILES string of the molecule is N#Cc1ccc(/C(=N\O)N2CCN(c3ccc(OCCO)cc3Cl)[C@H](c3ccc(Cl)cc3)C2)cc1. The zero-order chi connectivity index (χ0) is 24.8. The quantitative estimate of drug-likeness (QED) is 0.211. The number of benzene rings is 3. The molecule has 1 aliphatic rings. The van der Waals surface area contributed by atoms with Crippen molar-refractivity contribution in [1.29, 1.82) is 5.26 Å². The molecule has 0 aliphatic carbocycles. The summed E-state index contributed by atoms with van der Waals surface area (Å²) in [5, 5.41) is 32.8. The normalized spacial score (nSPS) is 16.2. The van der Waals surface area contributed by atoms with Crippen LogP contribution >= 0.6 is 23.2 Å². The summed E-state index contributed by atoms with van der Waals surface area (Å²) in [4.78, 5) is 4.23. The first-order valence-electron chi connectivity index (χ1n) is 11.1. The number of piperazine rings is 1. The van der Waals surface area contributed by atoms with Crippen LogP contribution in [-0.2, 0) is 0 Å². The highest BCUT2D eigenvalue weighted by Crippen LogP contribution is 2.37. The van der Waals surface area contributed by atoms with Gasteiger partial charge in [0.15, 0.2) is 5.84 Å². The van der Waals surface area contributed by atoms with Crippen LogP contribution < -0.4 is 9.64 Å². The predicted octanol–water partition coefficient (Wildman–Crippen LogP) is 4.94. The molecular formula is C26H24Cl2N4O3. The molecule has 9 heteroatoms. The monoisotopic (exact) mass is 510 g/mol. The van der Waals surface area contributed by atoms with Gasteiger partial charge in [-0.1, -0.05) is 40.5 Å². The second-order valence-corrected chi connectivity index (χ2v) is 8.85. The lowest BCUT2D eigenvalue weighted by Gasteiger charge is -2.44. The van der Waals surface area contributed by atoms with Gasteiger partial charge in [-0.15, -0.1) is 0 Å². The van der Waals surface area contributed by atoms with Crippen molar-refractivity contribution in [2.45, 2.75) is 6.04 Å². The molecule has 2 N–H and O–H groups in total. The fourth-order valence-electron chi connectivity index (χ4n) is 4.21. The Bertz CT molecular complexity index is 1230. The Morgan fingerprint density at radius 2 is 1.80 bits per heavy atom. The van der Waals surface area contributed by atoms with Gasteiger partial charge in [-0.2, -0.15) is 5.26 Å². The summed E-state index contributed by atoms with van der Waals surface area (Å²) in [6.45, 7) is 1.84. The van der Waals surface area contributed by atoms with Gasteiger partial charge in [0.25, 0.3) is 0 Å². The summed E-state index contributed by atoms with van der Waals surface area (Å²) in [6.07, 6.45) is 0. The Morgan fingerprint density at radius 1 is 1.06 bits per heavy atom. The third kappa shape index (κ3) is 5.63. The highest BCUT2D eigenvalue weighted by molar-refractivity contribution is 6.33. The van der Waals surface area contributed by atoms with E-state index in [2.05, 4.69) is 16.1 Å². The van der Waals surface area contributed by atoms with Crippen LogP contribution in [0.3, 0.4) is 0 Å². The van der Waals surface area contributed by atoms with Gasteiger partial charge in [0, 0.05) is 36.3 Å². The maximum absolute atomic E-state index is 9.88. The van der Waals surface area contributed by atoms with Crippen LogP contribution in [0.2, 0.25) is 10.0 Å². The number of amidine groups is 1. The topological polar surface area (TPSA) is 92.3 Å². The van der Waals surface area contributed by atoms with E-state index in [1.54, 1.807) is 30.3 Å².